The van der Waals surface area contributed by atoms with Gasteiger partial charge in [-0.25, -0.2) is 8.42 Å². The Bertz CT molecular complexity index is 556. The van der Waals surface area contributed by atoms with Crippen molar-refractivity contribution in [2.75, 3.05) is 0 Å². The van der Waals surface area contributed by atoms with Crippen molar-refractivity contribution in [1.29, 1.82) is 0 Å². The molecule has 3 nitrogen and oxygen atoms in total. The predicted molar refractivity (Wildman–Crippen MR) is 75.9 cm³/mol. The summed E-state index contributed by atoms with van der Waals surface area (Å²) in [7, 11) is -3.36. The lowest BCUT2D eigenvalue weighted by Crippen LogP contribution is -2.46. The van der Waals surface area contributed by atoms with Crippen LogP contribution in [0.25, 0.3) is 0 Å². The molecule has 2 saturated heterocycles. The maximum Gasteiger partial charge on any atom is 0.243 e. The van der Waals surface area contributed by atoms with Crippen LogP contribution in [0.5, 0.6) is 0 Å². The third kappa shape index (κ3) is 2.30. The predicted octanol–water partition coefficient (Wildman–Crippen LogP) is 2.92. The lowest BCUT2D eigenvalue weighted by Gasteiger charge is -2.35. The van der Waals surface area contributed by atoms with Crippen molar-refractivity contribution in [2.24, 2.45) is 0 Å². The molecule has 0 aliphatic carbocycles. The highest BCUT2D eigenvalue weighted by atomic mass is 35.5. The average molecular weight is 300 g/mol. The van der Waals surface area contributed by atoms with E-state index >= 15 is 0 Å². The second kappa shape index (κ2) is 4.76. The standard InChI is InChI=1S/C14H18ClNO2S/c1-10-2-6-14(7-3-10)19(17,18)16-12-4-5-13(16)9-11(15)8-12/h2-3,6-7,11-13H,4-5,8-9H2,1H3. The van der Waals surface area contributed by atoms with E-state index in [1.165, 1.54) is 0 Å². The minimum Gasteiger partial charge on any atom is -0.207 e. The molecule has 2 heterocycles. The number of aryl methyl sites for hydroxylation is 1. The minimum atomic E-state index is -3.36. The summed E-state index contributed by atoms with van der Waals surface area (Å²) in [6.07, 6.45) is 3.45. The molecule has 2 atom stereocenters. The molecular formula is C14H18ClNO2S. The lowest BCUT2D eigenvalue weighted by atomic mass is 10.1. The molecule has 2 fully saturated rings. The first-order chi connectivity index (χ1) is 8.98. The number of halogens is 1. The van der Waals surface area contributed by atoms with Gasteiger partial charge in [0.2, 0.25) is 10.0 Å². The molecule has 0 aromatic heterocycles. The number of rotatable bonds is 2. The van der Waals surface area contributed by atoms with Gasteiger partial charge in [-0.2, -0.15) is 4.31 Å². The summed E-state index contributed by atoms with van der Waals surface area (Å²) in [6, 6.07) is 7.29. The van der Waals surface area contributed by atoms with Crippen LogP contribution in [0.4, 0.5) is 0 Å². The largest absolute Gasteiger partial charge is 0.243 e. The first kappa shape index (κ1) is 13.4. The Morgan fingerprint density at radius 1 is 1.11 bits per heavy atom. The molecule has 2 aliphatic rings. The van der Waals surface area contributed by atoms with Gasteiger partial charge in [-0.05, 0) is 44.7 Å². The summed E-state index contributed by atoms with van der Waals surface area (Å²) in [4.78, 5) is 0.406. The molecule has 5 heteroatoms. The molecule has 2 unspecified atom stereocenters. The third-order valence-corrected chi connectivity index (χ3v) is 6.58. The molecule has 0 radical (unpaired) electrons. The zero-order valence-electron chi connectivity index (χ0n) is 10.9. The summed E-state index contributed by atoms with van der Waals surface area (Å²) in [5.41, 5.74) is 1.07. The molecule has 3 rings (SSSR count). The summed E-state index contributed by atoms with van der Waals surface area (Å²) in [5, 5.41) is 0.127. The topological polar surface area (TPSA) is 37.4 Å². The Balaban J connectivity index is 1.95. The number of sulfonamides is 1. The summed E-state index contributed by atoms with van der Waals surface area (Å²) >= 11 is 6.21. The maximum atomic E-state index is 12.7. The highest BCUT2D eigenvalue weighted by Gasteiger charge is 2.46. The van der Waals surface area contributed by atoms with Gasteiger partial charge in [0.1, 0.15) is 0 Å². The van der Waals surface area contributed by atoms with Crippen molar-refractivity contribution < 1.29 is 8.42 Å². The van der Waals surface area contributed by atoms with Gasteiger partial charge in [0.15, 0.2) is 0 Å². The molecule has 0 N–H and O–H groups in total. The van der Waals surface area contributed by atoms with Crippen molar-refractivity contribution in [1.82, 2.24) is 4.31 Å². The smallest absolute Gasteiger partial charge is 0.207 e. The fourth-order valence-electron chi connectivity index (χ4n) is 3.29. The quantitative estimate of drug-likeness (QED) is 0.788. The van der Waals surface area contributed by atoms with E-state index in [2.05, 4.69) is 0 Å². The Labute approximate surface area is 119 Å². The maximum absolute atomic E-state index is 12.7. The van der Waals surface area contributed by atoms with E-state index < -0.39 is 10.0 Å². The van der Waals surface area contributed by atoms with Gasteiger partial charge in [0, 0.05) is 17.5 Å². The number of fused-ring (bicyclic) bond motifs is 2. The van der Waals surface area contributed by atoms with Crippen LogP contribution in [-0.4, -0.2) is 30.2 Å². The zero-order valence-corrected chi connectivity index (χ0v) is 12.5. The second-order valence-electron chi connectivity index (χ2n) is 5.60. The minimum absolute atomic E-state index is 0.0903. The molecule has 2 bridgehead atoms. The van der Waals surface area contributed by atoms with Crippen LogP contribution in [0, 0.1) is 6.92 Å². The van der Waals surface area contributed by atoms with Crippen LogP contribution in [0.1, 0.15) is 31.2 Å². The Morgan fingerprint density at radius 3 is 2.16 bits per heavy atom. The van der Waals surface area contributed by atoms with Crippen molar-refractivity contribution in [3.63, 3.8) is 0 Å². The van der Waals surface area contributed by atoms with Crippen molar-refractivity contribution >= 4 is 21.6 Å². The summed E-state index contributed by atoms with van der Waals surface area (Å²) in [6.45, 7) is 1.96. The van der Waals surface area contributed by atoms with E-state index in [0.29, 0.717) is 4.90 Å². The fourth-order valence-corrected chi connectivity index (χ4v) is 5.59. The summed E-state index contributed by atoms with van der Waals surface area (Å²) < 4.78 is 27.2. The van der Waals surface area contributed by atoms with Gasteiger partial charge >= 0.3 is 0 Å². The van der Waals surface area contributed by atoms with Gasteiger partial charge in [-0.15, -0.1) is 11.6 Å². The lowest BCUT2D eigenvalue weighted by molar-refractivity contribution is 0.251. The van der Waals surface area contributed by atoms with Crippen LogP contribution in [0.2, 0.25) is 0 Å². The van der Waals surface area contributed by atoms with Gasteiger partial charge in [-0.3, -0.25) is 0 Å². The molecule has 0 amide bonds. The van der Waals surface area contributed by atoms with Crippen molar-refractivity contribution in [3.05, 3.63) is 29.8 Å². The van der Waals surface area contributed by atoms with Crippen LogP contribution >= 0.6 is 11.6 Å². The van der Waals surface area contributed by atoms with E-state index in [1.54, 1.807) is 16.4 Å². The van der Waals surface area contributed by atoms with E-state index in [1.807, 2.05) is 19.1 Å². The number of alkyl halides is 1. The highest BCUT2D eigenvalue weighted by Crippen LogP contribution is 2.41. The van der Waals surface area contributed by atoms with Gasteiger partial charge in [0.25, 0.3) is 0 Å². The number of benzene rings is 1. The molecule has 0 spiro atoms. The molecule has 104 valence electrons. The molecule has 2 aliphatic heterocycles. The van der Waals surface area contributed by atoms with Crippen LogP contribution < -0.4 is 0 Å². The fraction of sp³-hybridized carbons (Fsp3) is 0.571. The Kier molecular flexibility index (Phi) is 3.36. The normalized spacial score (nSPS) is 31.6. The van der Waals surface area contributed by atoms with Crippen LogP contribution in [0.15, 0.2) is 29.2 Å². The van der Waals surface area contributed by atoms with Crippen LogP contribution in [-0.2, 0) is 10.0 Å². The summed E-state index contributed by atoms with van der Waals surface area (Å²) in [5.74, 6) is 0. The van der Waals surface area contributed by atoms with Crippen molar-refractivity contribution in [3.8, 4) is 0 Å². The van der Waals surface area contributed by atoms with Crippen molar-refractivity contribution in [2.45, 2.75) is 55.0 Å². The van der Waals surface area contributed by atoms with Gasteiger partial charge in [0.05, 0.1) is 4.90 Å². The van der Waals surface area contributed by atoms with Crippen LogP contribution in [0.3, 0.4) is 0 Å². The van der Waals surface area contributed by atoms with E-state index in [0.717, 1.165) is 31.2 Å². The third-order valence-electron chi connectivity index (χ3n) is 4.20. The van der Waals surface area contributed by atoms with E-state index in [-0.39, 0.29) is 17.5 Å². The Hall–Kier alpha value is -0.580. The second-order valence-corrected chi connectivity index (χ2v) is 8.06. The number of hydrogen-bond acceptors (Lipinski definition) is 2. The Morgan fingerprint density at radius 2 is 1.63 bits per heavy atom. The zero-order chi connectivity index (χ0) is 13.6. The molecule has 19 heavy (non-hydrogen) atoms. The molecular weight excluding hydrogens is 282 g/mol. The molecule has 1 aromatic rings. The molecule has 1 aromatic carbocycles. The SMILES string of the molecule is Cc1ccc(S(=O)(=O)N2C3CCC2CC(Cl)C3)cc1. The first-order valence-corrected chi connectivity index (χ1v) is 8.60. The average Bonchev–Trinajstić information content (AvgIpc) is 2.64. The number of hydrogen-bond donors (Lipinski definition) is 0. The highest BCUT2D eigenvalue weighted by molar-refractivity contribution is 7.89. The van der Waals surface area contributed by atoms with Gasteiger partial charge in [-0.1, -0.05) is 17.7 Å². The van der Waals surface area contributed by atoms with Gasteiger partial charge < -0.3 is 0 Å². The number of nitrogens with zero attached hydrogens (tertiary/aromatic N) is 1. The monoisotopic (exact) mass is 299 g/mol. The first-order valence-electron chi connectivity index (χ1n) is 6.73. The number of piperidine rings is 1. The van der Waals surface area contributed by atoms with E-state index in [9.17, 15) is 8.42 Å². The van der Waals surface area contributed by atoms with E-state index in [4.69, 9.17) is 11.6 Å². The molecule has 0 saturated carbocycles.